The van der Waals surface area contributed by atoms with Crippen molar-refractivity contribution < 1.29 is 9.53 Å². The molecule has 1 aromatic heterocycles. The molecule has 0 aliphatic heterocycles. The van der Waals surface area contributed by atoms with Crippen molar-refractivity contribution >= 4 is 17.7 Å². The van der Waals surface area contributed by atoms with Crippen molar-refractivity contribution in [2.45, 2.75) is 53.2 Å². The second-order valence-electron chi connectivity index (χ2n) is 6.98. The van der Waals surface area contributed by atoms with Crippen LogP contribution in [0, 0.1) is 6.92 Å². The van der Waals surface area contributed by atoms with Crippen LogP contribution >= 0.6 is 11.6 Å². The minimum absolute atomic E-state index is 0.412. The van der Waals surface area contributed by atoms with Gasteiger partial charge in [0.05, 0.1) is 0 Å². The first-order chi connectivity index (χ1) is 11.7. The molecular formula is C20H25ClN2O2. The standard InChI is InChI=1S/C20H25ClN2O2/c1-6-16-17(9-10-22-18(16)21)14-7-8-15(13(2)11-14)12-23-19(24)25-20(3,4)5/h7-11H,6,12H2,1-5H3,(H,23,24). The van der Waals surface area contributed by atoms with E-state index >= 15 is 0 Å². The second-order valence-corrected chi connectivity index (χ2v) is 7.34. The van der Waals surface area contributed by atoms with Gasteiger partial charge in [0.1, 0.15) is 10.8 Å². The lowest BCUT2D eigenvalue weighted by Gasteiger charge is -2.20. The molecule has 0 bridgehead atoms. The highest BCUT2D eigenvalue weighted by molar-refractivity contribution is 6.30. The summed E-state index contributed by atoms with van der Waals surface area (Å²) in [6, 6.07) is 8.16. The molecule has 0 saturated heterocycles. The molecule has 4 nitrogen and oxygen atoms in total. The fourth-order valence-electron chi connectivity index (χ4n) is 2.62. The maximum atomic E-state index is 11.8. The van der Waals surface area contributed by atoms with Crippen LogP contribution in [0.5, 0.6) is 0 Å². The molecule has 0 unspecified atom stereocenters. The maximum absolute atomic E-state index is 11.8. The Labute approximate surface area is 154 Å². The zero-order chi connectivity index (χ0) is 18.6. The molecule has 0 spiro atoms. The van der Waals surface area contributed by atoms with Crippen LogP contribution in [0.1, 0.15) is 44.4 Å². The van der Waals surface area contributed by atoms with E-state index in [0.29, 0.717) is 11.7 Å². The smallest absolute Gasteiger partial charge is 0.407 e. The lowest BCUT2D eigenvalue weighted by atomic mass is 9.96. The number of aryl methyl sites for hydroxylation is 1. The van der Waals surface area contributed by atoms with Crippen molar-refractivity contribution in [2.75, 3.05) is 0 Å². The van der Waals surface area contributed by atoms with Crippen molar-refractivity contribution in [3.63, 3.8) is 0 Å². The number of aromatic nitrogens is 1. The second kappa shape index (κ2) is 7.87. The van der Waals surface area contributed by atoms with Gasteiger partial charge in [0.2, 0.25) is 0 Å². The van der Waals surface area contributed by atoms with Gasteiger partial charge >= 0.3 is 6.09 Å². The number of nitrogens with one attached hydrogen (secondary N) is 1. The summed E-state index contributed by atoms with van der Waals surface area (Å²) in [7, 11) is 0. The quantitative estimate of drug-likeness (QED) is 0.753. The number of ether oxygens (including phenoxy) is 1. The van der Waals surface area contributed by atoms with E-state index in [0.717, 1.165) is 34.2 Å². The van der Waals surface area contributed by atoms with Crippen molar-refractivity contribution in [3.8, 4) is 11.1 Å². The molecule has 25 heavy (non-hydrogen) atoms. The predicted octanol–water partition coefficient (Wildman–Crippen LogP) is 5.30. The maximum Gasteiger partial charge on any atom is 0.407 e. The van der Waals surface area contributed by atoms with E-state index in [1.807, 2.05) is 45.9 Å². The lowest BCUT2D eigenvalue weighted by Crippen LogP contribution is -2.32. The van der Waals surface area contributed by atoms with Crippen molar-refractivity contribution in [3.05, 3.63) is 52.3 Å². The van der Waals surface area contributed by atoms with E-state index in [1.165, 1.54) is 0 Å². The minimum atomic E-state index is -0.500. The minimum Gasteiger partial charge on any atom is -0.444 e. The van der Waals surface area contributed by atoms with Crippen molar-refractivity contribution in [1.29, 1.82) is 0 Å². The summed E-state index contributed by atoms with van der Waals surface area (Å²) in [5, 5.41) is 3.34. The van der Waals surface area contributed by atoms with Gasteiger partial charge in [0.15, 0.2) is 0 Å². The molecule has 134 valence electrons. The first-order valence-electron chi connectivity index (χ1n) is 8.41. The number of amides is 1. The summed E-state index contributed by atoms with van der Waals surface area (Å²) in [6.07, 6.45) is 2.14. The van der Waals surface area contributed by atoms with E-state index in [-0.39, 0.29) is 0 Å². The fraction of sp³-hybridized carbons (Fsp3) is 0.400. The summed E-state index contributed by atoms with van der Waals surface area (Å²) < 4.78 is 5.26. The SMILES string of the molecule is CCc1c(-c2ccc(CNC(=O)OC(C)(C)C)c(C)c2)ccnc1Cl. The van der Waals surface area contributed by atoms with Crippen LogP contribution in [0.25, 0.3) is 11.1 Å². The Morgan fingerprint density at radius 2 is 2.00 bits per heavy atom. The molecule has 1 N–H and O–H groups in total. The third-order valence-corrected chi connectivity index (χ3v) is 4.16. The van der Waals surface area contributed by atoms with E-state index < -0.39 is 11.7 Å². The van der Waals surface area contributed by atoms with Gasteiger partial charge in [0.25, 0.3) is 0 Å². The summed E-state index contributed by atoms with van der Waals surface area (Å²) in [6.45, 7) is 10.1. The largest absolute Gasteiger partial charge is 0.444 e. The van der Waals surface area contributed by atoms with Gasteiger partial charge in [-0.1, -0.05) is 36.7 Å². The molecule has 0 saturated carbocycles. The molecule has 0 atom stereocenters. The van der Waals surface area contributed by atoms with Gasteiger partial charge in [-0.3, -0.25) is 0 Å². The van der Waals surface area contributed by atoms with Crippen molar-refractivity contribution in [2.24, 2.45) is 0 Å². The number of benzene rings is 1. The number of rotatable bonds is 4. The topological polar surface area (TPSA) is 51.2 Å². The molecule has 0 radical (unpaired) electrons. The average Bonchev–Trinajstić information content (AvgIpc) is 2.51. The number of nitrogens with zero attached hydrogens (tertiary/aromatic N) is 1. The van der Waals surface area contributed by atoms with Crippen molar-refractivity contribution in [1.82, 2.24) is 10.3 Å². The first kappa shape index (κ1) is 19.3. The molecule has 1 aromatic carbocycles. The van der Waals surface area contributed by atoms with Gasteiger partial charge in [0, 0.05) is 12.7 Å². The molecule has 0 aliphatic rings. The van der Waals surface area contributed by atoms with Gasteiger partial charge in [-0.2, -0.15) is 0 Å². The lowest BCUT2D eigenvalue weighted by molar-refractivity contribution is 0.0523. The average molecular weight is 361 g/mol. The molecule has 1 amide bonds. The zero-order valence-electron chi connectivity index (χ0n) is 15.4. The third-order valence-electron chi connectivity index (χ3n) is 3.83. The Morgan fingerprint density at radius 1 is 1.28 bits per heavy atom. The summed E-state index contributed by atoms with van der Waals surface area (Å²) >= 11 is 6.22. The monoisotopic (exact) mass is 360 g/mol. The number of hydrogen-bond donors (Lipinski definition) is 1. The highest BCUT2D eigenvalue weighted by atomic mass is 35.5. The third kappa shape index (κ3) is 5.20. The van der Waals surface area contributed by atoms with Crippen LogP contribution < -0.4 is 5.32 Å². The summed E-state index contributed by atoms with van der Waals surface area (Å²) in [5.41, 5.74) is 4.89. The summed E-state index contributed by atoms with van der Waals surface area (Å²) in [5.74, 6) is 0. The Bertz CT molecular complexity index is 767. The molecule has 2 aromatic rings. The molecule has 5 heteroatoms. The number of hydrogen-bond acceptors (Lipinski definition) is 3. The van der Waals surface area contributed by atoms with E-state index in [4.69, 9.17) is 16.3 Å². The molecule has 0 fully saturated rings. The van der Waals surface area contributed by atoms with Gasteiger partial charge in [-0.15, -0.1) is 0 Å². The highest BCUT2D eigenvalue weighted by Gasteiger charge is 2.16. The Balaban J connectivity index is 2.16. The van der Waals surface area contributed by atoms with Gasteiger partial charge < -0.3 is 10.1 Å². The number of carbonyl (C=O) groups excluding carboxylic acids is 1. The van der Waals surface area contributed by atoms with Crippen LogP contribution in [-0.2, 0) is 17.7 Å². The van der Waals surface area contributed by atoms with E-state index in [2.05, 4.69) is 23.3 Å². The van der Waals surface area contributed by atoms with Gasteiger partial charge in [-0.25, -0.2) is 9.78 Å². The van der Waals surface area contributed by atoms with E-state index in [1.54, 1.807) is 6.20 Å². The Hall–Kier alpha value is -2.07. The number of halogens is 1. The van der Waals surface area contributed by atoms with Gasteiger partial charge in [-0.05, 0) is 68.0 Å². The first-order valence-corrected chi connectivity index (χ1v) is 8.79. The predicted molar refractivity (Wildman–Crippen MR) is 102 cm³/mol. The fourth-order valence-corrected chi connectivity index (χ4v) is 2.91. The number of carbonyl (C=O) groups is 1. The Kier molecular flexibility index (Phi) is 6.07. The molecule has 2 rings (SSSR count). The van der Waals surface area contributed by atoms with Crippen LogP contribution in [0.2, 0.25) is 5.15 Å². The molecule has 1 heterocycles. The van der Waals surface area contributed by atoms with Crippen LogP contribution in [0.3, 0.4) is 0 Å². The van der Waals surface area contributed by atoms with Crippen LogP contribution in [-0.4, -0.2) is 16.7 Å². The number of alkyl carbamates (subject to hydrolysis) is 1. The summed E-state index contributed by atoms with van der Waals surface area (Å²) in [4.78, 5) is 16.0. The highest BCUT2D eigenvalue weighted by Crippen LogP contribution is 2.29. The van der Waals surface area contributed by atoms with Crippen LogP contribution in [0.15, 0.2) is 30.5 Å². The molecular weight excluding hydrogens is 336 g/mol. The molecule has 0 aliphatic carbocycles. The Morgan fingerprint density at radius 3 is 2.60 bits per heavy atom. The normalized spacial score (nSPS) is 11.3. The van der Waals surface area contributed by atoms with Crippen LogP contribution in [0.4, 0.5) is 4.79 Å². The zero-order valence-corrected chi connectivity index (χ0v) is 16.2. The number of pyridine rings is 1. The van der Waals surface area contributed by atoms with E-state index in [9.17, 15) is 4.79 Å².